The van der Waals surface area contributed by atoms with Gasteiger partial charge in [0.1, 0.15) is 0 Å². The first-order valence-corrected chi connectivity index (χ1v) is 5.96. The second-order valence-electron chi connectivity index (χ2n) is 4.22. The number of primary amides is 1. The van der Waals surface area contributed by atoms with E-state index in [2.05, 4.69) is 9.84 Å². The van der Waals surface area contributed by atoms with E-state index in [4.69, 9.17) is 5.73 Å². The van der Waals surface area contributed by atoms with Crippen molar-refractivity contribution >= 4 is 18.2 Å². The average Bonchev–Trinajstić information content (AvgIpc) is 2.87. The van der Waals surface area contributed by atoms with E-state index in [1.54, 1.807) is 6.21 Å². The van der Waals surface area contributed by atoms with Crippen LogP contribution < -0.4 is 5.73 Å². The number of benzene rings is 1. The molecule has 2 amide bonds. The maximum atomic E-state index is 12.1. The van der Waals surface area contributed by atoms with Crippen LogP contribution in [-0.4, -0.2) is 29.3 Å². The van der Waals surface area contributed by atoms with Crippen LogP contribution in [0.25, 0.3) is 0 Å². The third-order valence-corrected chi connectivity index (χ3v) is 2.88. The van der Waals surface area contributed by atoms with E-state index >= 15 is 0 Å². The fourth-order valence-electron chi connectivity index (χ4n) is 1.99. The second kappa shape index (κ2) is 5.51. The summed E-state index contributed by atoms with van der Waals surface area (Å²) in [7, 11) is 0. The van der Waals surface area contributed by atoms with Crippen molar-refractivity contribution in [2.75, 3.05) is 0 Å². The summed E-state index contributed by atoms with van der Waals surface area (Å²) < 4.78 is 4.68. The number of nitrogens with two attached hydrogens (primary N) is 1. The number of ether oxygens (including phenoxy) is 1. The lowest BCUT2D eigenvalue weighted by atomic mass is 10.0. The summed E-state index contributed by atoms with van der Waals surface area (Å²) >= 11 is 0. The summed E-state index contributed by atoms with van der Waals surface area (Å²) in [5.41, 5.74) is 5.89. The second-order valence-corrected chi connectivity index (χ2v) is 4.22. The molecule has 100 valence electrons. The number of hydrazone groups is 1. The van der Waals surface area contributed by atoms with Crippen LogP contribution in [-0.2, 0) is 9.53 Å². The first kappa shape index (κ1) is 13.1. The van der Waals surface area contributed by atoms with E-state index in [0.29, 0.717) is 6.42 Å². The summed E-state index contributed by atoms with van der Waals surface area (Å²) in [6.07, 6.45) is 0.394. The van der Waals surface area contributed by atoms with Crippen molar-refractivity contribution in [2.45, 2.75) is 25.5 Å². The van der Waals surface area contributed by atoms with E-state index in [0.717, 1.165) is 5.56 Å². The molecule has 0 bridgehead atoms. The van der Waals surface area contributed by atoms with Gasteiger partial charge in [0.05, 0.1) is 6.04 Å². The van der Waals surface area contributed by atoms with Gasteiger partial charge in [-0.1, -0.05) is 30.3 Å². The summed E-state index contributed by atoms with van der Waals surface area (Å²) in [5.74, 6) is -0.388. The molecule has 1 unspecified atom stereocenters. The molecule has 2 N–H and O–H groups in total. The predicted molar refractivity (Wildman–Crippen MR) is 69.3 cm³/mol. The smallest absolute Gasteiger partial charge is 0.405 e. The summed E-state index contributed by atoms with van der Waals surface area (Å²) in [6.45, 7) is 1.48. The molecule has 1 aliphatic heterocycles. The summed E-state index contributed by atoms with van der Waals surface area (Å²) in [4.78, 5) is 22.8. The van der Waals surface area contributed by atoms with E-state index in [1.807, 2.05) is 30.3 Å². The van der Waals surface area contributed by atoms with E-state index in [9.17, 15) is 9.59 Å². The molecule has 2 atom stereocenters. The molecule has 0 radical (unpaired) electrons. The monoisotopic (exact) mass is 261 g/mol. The van der Waals surface area contributed by atoms with Gasteiger partial charge in [-0.2, -0.15) is 5.10 Å². The molecule has 1 heterocycles. The normalized spacial score (nSPS) is 19.2. The quantitative estimate of drug-likeness (QED) is 0.893. The van der Waals surface area contributed by atoms with Gasteiger partial charge in [0, 0.05) is 12.6 Å². The zero-order valence-corrected chi connectivity index (χ0v) is 10.5. The number of carbonyl (C=O) groups excluding carboxylic acids is 2. The highest BCUT2D eigenvalue weighted by Crippen LogP contribution is 2.28. The first-order chi connectivity index (χ1) is 9.09. The first-order valence-electron chi connectivity index (χ1n) is 5.96. The van der Waals surface area contributed by atoms with Crippen molar-refractivity contribution in [3.63, 3.8) is 0 Å². The van der Waals surface area contributed by atoms with E-state index < -0.39 is 12.2 Å². The zero-order valence-electron chi connectivity index (χ0n) is 10.5. The molecular weight excluding hydrogens is 246 g/mol. The van der Waals surface area contributed by atoms with Crippen LogP contribution in [0.5, 0.6) is 0 Å². The Labute approximate surface area is 110 Å². The zero-order chi connectivity index (χ0) is 13.8. The lowest BCUT2D eigenvalue weighted by Gasteiger charge is -2.24. The largest absolute Gasteiger partial charge is 0.436 e. The van der Waals surface area contributed by atoms with Crippen molar-refractivity contribution in [3.8, 4) is 0 Å². The fraction of sp³-hybridized carbons (Fsp3) is 0.308. The topological polar surface area (TPSA) is 85.0 Å². The van der Waals surface area contributed by atoms with Crippen molar-refractivity contribution in [1.82, 2.24) is 5.01 Å². The third-order valence-electron chi connectivity index (χ3n) is 2.88. The van der Waals surface area contributed by atoms with Gasteiger partial charge in [0.15, 0.2) is 6.10 Å². The van der Waals surface area contributed by atoms with Gasteiger partial charge in [0.25, 0.3) is 5.91 Å². The summed E-state index contributed by atoms with van der Waals surface area (Å²) in [6, 6.07) is 9.41. The maximum Gasteiger partial charge on any atom is 0.405 e. The molecule has 0 spiro atoms. The molecule has 0 aromatic heterocycles. The highest BCUT2D eigenvalue weighted by atomic mass is 16.6. The Bertz CT molecular complexity index is 501. The molecule has 1 aliphatic rings. The minimum absolute atomic E-state index is 0.160. The van der Waals surface area contributed by atoms with Gasteiger partial charge in [-0.15, -0.1) is 0 Å². The van der Waals surface area contributed by atoms with Crippen LogP contribution in [0.2, 0.25) is 0 Å². The molecule has 0 saturated heterocycles. The number of carbonyl (C=O) groups is 2. The minimum Gasteiger partial charge on any atom is -0.436 e. The lowest BCUT2D eigenvalue weighted by molar-refractivity contribution is -0.141. The van der Waals surface area contributed by atoms with Crippen LogP contribution in [0.4, 0.5) is 4.79 Å². The Morgan fingerprint density at radius 3 is 2.74 bits per heavy atom. The van der Waals surface area contributed by atoms with Gasteiger partial charge in [-0.05, 0) is 12.5 Å². The van der Waals surface area contributed by atoms with Crippen LogP contribution in [0.3, 0.4) is 0 Å². The van der Waals surface area contributed by atoms with Crippen molar-refractivity contribution in [3.05, 3.63) is 35.9 Å². The molecule has 6 nitrogen and oxygen atoms in total. The van der Waals surface area contributed by atoms with Gasteiger partial charge in [0.2, 0.25) is 0 Å². The third kappa shape index (κ3) is 2.90. The molecule has 0 saturated carbocycles. The Morgan fingerprint density at radius 1 is 1.42 bits per heavy atom. The SMILES string of the molecule is C[C@@H](OC(N)=O)C(=O)N1N=CCC1c1ccccc1. The minimum atomic E-state index is -0.972. The average molecular weight is 261 g/mol. The van der Waals surface area contributed by atoms with Crippen molar-refractivity contribution < 1.29 is 14.3 Å². The molecule has 2 rings (SSSR count). The van der Waals surface area contributed by atoms with Crippen molar-refractivity contribution in [2.24, 2.45) is 10.8 Å². The Morgan fingerprint density at radius 2 is 2.11 bits per heavy atom. The number of nitrogens with zero attached hydrogens (tertiary/aromatic N) is 2. The molecule has 1 aromatic rings. The highest BCUT2D eigenvalue weighted by molar-refractivity contribution is 5.85. The summed E-state index contributed by atoms with van der Waals surface area (Å²) in [5, 5.41) is 5.38. The van der Waals surface area contributed by atoms with Gasteiger partial charge in [-0.3, -0.25) is 4.79 Å². The maximum absolute atomic E-state index is 12.1. The van der Waals surface area contributed by atoms with Gasteiger partial charge >= 0.3 is 6.09 Å². The van der Waals surface area contributed by atoms with Crippen LogP contribution in [0, 0.1) is 0 Å². The Kier molecular flexibility index (Phi) is 3.79. The van der Waals surface area contributed by atoms with Gasteiger partial charge in [-0.25, -0.2) is 9.80 Å². The fourth-order valence-corrected chi connectivity index (χ4v) is 1.99. The molecular formula is C13H15N3O3. The Balaban J connectivity index is 2.12. The standard InChI is InChI=1S/C13H15N3O3/c1-9(19-13(14)18)12(17)16-11(7-8-15-16)10-5-3-2-4-6-10/h2-6,8-9,11H,7H2,1H3,(H2,14,18)/t9-,11?/m1/s1. The molecule has 19 heavy (non-hydrogen) atoms. The number of rotatable bonds is 3. The number of hydrogen-bond donors (Lipinski definition) is 1. The predicted octanol–water partition coefficient (Wildman–Crippen LogP) is 1.43. The van der Waals surface area contributed by atoms with Gasteiger partial charge < -0.3 is 10.5 Å². The molecule has 0 fully saturated rings. The molecule has 0 aliphatic carbocycles. The lowest BCUT2D eigenvalue weighted by Crippen LogP contribution is -2.38. The van der Waals surface area contributed by atoms with Crippen LogP contribution >= 0.6 is 0 Å². The number of hydrogen-bond acceptors (Lipinski definition) is 4. The van der Waals surface area contributed by atoms with E-state index in [1.165, 1.54) is 11.9 Å². The number of amides is 2. The van der Waals surface area contributed by atoms with E-state index in [-0.39, 0.29) is 11.9 Å². The van der Waals surface area contributed by atoms with Crippen molar-refractivity contribution in [1.29, 1.82) is 0 Å². The van der Waals surface area contributed by atoms with Crippen LogP contribution in [0.15, 0.2) is 35.4 Å². The van der Waals surface area contributed by atoms with Crippen LogP contribution in [0.1, 0.15) is 24.9 Å². The highest BCUT2D eigenvalue weighted by Gasteiger charge is 2.32. The molecule has 6 heteroatoms. The Hall–Kier alpha value is -2.37. The molecule has 1 aromatic carbocycles.